The molecule has 5 nitrogen and oxygen atoms in total. The van der Waals surface area contributed by atoms with Gasteiger partial charge in [-0.3, -0.25) is 9.69 Å². The summed E-state index contributed by atoms with van der Waals surface area (Å²) in [5.41, 5.74) is -0.0991. The number of aliphatic hydroxyl groups excluding tert-OH is 1. The van der Waals surface area contributed by atoms with E-state index in [1.54, 1.807) is 0 Å². The van der Waals surface area contributed by atoms with Crippen molar-refractivity contribution in [1.29, 1.82) is 0 Å². The number of carbonyl (C=O) groups excluding carboxylic acids is 1. The van der Waals surface area contributed by atoms with Crippen LogP contribution in [0.4, 0.5) is 0 Å². The molecule has 0 radical (unpaired) electrons. The summed E-state index contributed by atoms with van der Waals surface area (Å²) in [5.74, 6) is 0.794. The molecule has 0 unspecified atom stereocenters. The van der Waals surface area contributed by atoms with Crippen LogP contribution in [0.3, 0.4) is 0 Å². The zero-order valence-corrected chi connectivity index (χ0v) is 14.5. The highest BCUT2D eigenvalue weighted by Gasteiger charge is 2.30. The van der Waals surface area contributed by atoms with Gasteiger partial charge in [0.25, 0.3) is 5.91 Å². The van der Waals surface area contributed by atoms with Gasteiger partial charge in [-0.05, 0) is 31.1 Å². The molecule has 0 spiro atoms. The summed E-state index contributed by atoms with van der Waals surface area (Å²) in [5, 5.41) is 10.2. The minimum Gasteiger partial charge on any atom is -0.391 e. The molecule has 22 heavy (non-hydrogen) atoms. The first-order valence-corrected chi connectivity index (χ1v) is 8.58. The number of rotatable bonds is 6. The van der Waals surface area contributed by atoms with Crippen molar-refractivity contribution in [3.05, 3.63) is 0 Å². The fourth-order valence-electron chi connectivity index (χ4n) is 2.56. The Morgan fingerprint density at radius 2 is 1.82 bits per heavy atom. The molecule has 0 aromatic heterocycles. The molecule has 1 amide bonds. The molecule has 1 aliphatic heterocycles. The molecule has 2 aliphatic rings. The average molecular weight is 312 g/mol. The first kappa shape index (κ1) is 17.7. The van der Waals surface area contributed by atoms with Crippen molar-refractivity contribution < 1.29 is 14.6 Å². The molecule has 1 N–H and O–H groups in total. The summed E-state index contributed by atoms with van der Waals surface area (Å²) < 4.78 is 5.67. The molecule has 1 saturated carbocycles. The average Bonchev–Trinajstić information content (AvgIpc) is 3.28. The second-order valence-electron chi connectivity index (χ2n) is 7.93. The van der Waals surface area contributed by atoms with Crippen molar-refractivity contribution in [1.82, 2.24) is 9.80 Å². The number of ether oxygens (including phenoxy) is 1. The van der Waals surface area contributed by atoms with Crippen LogP contribution < -0.4 is 0 Å². The number of piperazine rings is 1. The zero-order chi connectivity index (χ0) is 16.3. The van der Waals surface area contributed by atoms with Crippen LogP contribution in [0, 0.1) is 11.3 Å². The van der Waals surface area contributed by atoms with Gasteiger partial charge in [-0.15, -0.1) is 0 Å². The number of hydrogen-bond acceptors (Lipinski definition) is 4. The fraction of sp³-hybridized carbons (Fsp3) is 0.941. The summed E-state index contributed by atoms with van der Waals surface area (Å²) >= 11 is 0. The Morgan fingerprint density at radius 1 is 1.23 bits per heavy atom. The van der Waals surface area contributed by atoms with Gasteiger partial charge in [0.1, 0.15) is 6.10 Å². The standard InChI is InChI=1S/C17H32N2O3/c1-13(22-12-14-5-6-14)16(21)19-9-7-18(8-10-19)11-15(20)17(2,3)4/h13-15,20H,5-12H2,1-4H3/t13-,15-/m0/s1. The number of hydrogen-bond donors (Lipinski definition) is 1. The van der Waals surface area contributed by atoms with Crippen LogP contribution in [0.2, 0.25) is 0 Å². The number of β-amino-alcohol motifs (C(OH)–C–C–N with tert-alkyl or cyclic N) is 1. The summed E-state index contributed by atoms with van der Waals surface area (Å²) in [6, 6.07) is 0. The van der Waals surface area contributed by atoms with Crippen molar-refractivity contribution in [3.8, 4) is 0 Å². The molecule has 0 aromatic rings. The van der Waals surface area contributed by atoms with E-state index in [2.05, 4.69) is 25.7 Å². The lowest BCUT2D eigenvalue weighted by Gasteiger charge is -2.38. The smallest absolute Gasteiger partial charge is 0.251 e. The Morgan fingerprint density at radius 3 is 2.32 bits per heavy atom. The van der Waals surface area contributed by atoms with E-state index in [-0.39, 0.29) is 23.5 Å². The summed E-state index contributed by atoms with van der Waals surface area (Å²) in [6.45, 7) is 12.5. The highest BCUT2D eigenvalue weighted by Crippen LogP contribution is 2.29. The molecule has 2 atom stereocenters. The molecule has 0 bridgehead atoms. The Balaban J connectivity index is 1.70. The van der Waals surface area contributed by atoms with Crippen molar-refractivity contribution in [2.45, 2.75) is 52.7 Å². The SMILES string of the molecule is C[C@H](OCC1CC1)C(=O)N1CCN(C[C@H](O)C(C)(C)C)CC1. The third-order valence-corrected chi connectivity index (χ3v) is 4.74. The fourth-order valence-corrected chi connectivity index (χ4v) is 2.56. The number of carbonyl (C=O) groups is 1. The van der Waals surface area contributed by atoms with E-state index in [9.17, 15) is 9.90 Å². The summed E-state index contributed by atoms with van der Waals surface area (Å²) in [6.07, 6.45) is 1.83. The van der Waals surface area contributed by atoms with Gasteiger partial charge in [-0.2, -0.15) is 0 Å². The van der Waals surface area contributed by atoms with Crippen LogP contribution in [0.1, 0.15) is 40.5 Å². The normalized spacial score (nSPS) is 23.4. The van der Waals surface area contributed by atoms with E-state index in [0.717, 1.165) is 32.8 Å². The van der Waals surface area contributed by atoms with Gasteiger partial charge in [-0.25, -0.2) is 0 Å². The predicted molar refractivity (Wildman–Crippen MR) is 86.6 cm³/mol. The van der Waals surface area contributed by atoms with Gasteiger partial charge in [0.05, 0.1) is 12.7 Å². The molecule has 1 aliphatic carbocycles. The van der Waals surface area contributed by atoms with Gasteiger partial charge in [0.15, 0.2) is 0 Å². The Bertz CT molecular complexity index is 369. The molecular formula is C17H32N2O3. The second kappa shape index (κ2) is 7.28. The van der Waals surface area contributed by atoms with E-state index in [1.807, 2.05) is 11.8 Å². The van der Waals surface area contributed by atoms with E-state index in [0.29, 0.717) is 12.5 Å². The van der Waals surface area contributed by atoms with Crippen LogP contribution in [-0.2, 0) is 9.53 Å². The lowest BCUT2D eigenvalue weighted by atomic mass is 9.89. The highest BCUT2D eigenvalue weighted by molar-refractivity contribution is 5.80. The maximum Gasteiger partial charge on any atom is 0.251 e. The van der Waals surface area contributed by atoms with Crippen molar-refractivity contribution in [2.75, 3.05) is 39.3 Å². The van der Waals surface area contributed by atoms with Gasteiger partial charge in [0, 0.05) is 32.7 Å². The highest BCUT2D eigenvalue weighted by atomic mass is 16.5. The maximum absolute atomic E-state index is 12.4. The largest absolute Gasteiger partial charge is 0.391 e. The molecule has 0 aromatic carbocycles. The van der Waals surface area contributed by atoms with Crippen LogP contribution in [0.25, 0.3) is 0 Å². The van der Waals surface area contributed by atoms with Gasteiger partial charge in [0.2, 0.25) is 0 Å². The second-order valence-corrected chi connectivity index (χ2v) is 7.93. The van der Waals surface area contributed by atoms with Crippen molar-refractivity contribution >= 4 is 5.91 Å². The minimum absolute atomic E-state index is 0.0991. The molecule has 5 heteroatoms. The van der Waals surface area contributed by atoms with Gasteiger partial charge < -0.3 is 14.7 Å². The van der Waals surface area contributed by atoms with Gasteiger partial charge >= 0.3 is 0 Å². The molecule has 128 valence electrons. The first-order chi connectivity index (χ1) is 10.3. The maximum atomic E-state index is 12.4. The third-order valence-electron chi connectivity index (χ3n) is 4.74. The van der Waals surface area contributed by atoms with E-state index >= 15 is 0 Å². The molecule has 1 heterocycles. The minimum atomic E-state index is -0.337. The van der Waals surface area contributed by atoms with Crippen LogP contribution in [-0.4, -0.2) is 72.4 Å². The lowest BCUT2D eigenvalue weighted by molar-refractivity contribution is -0.145. The monoisotopic (exact) mass is 312 g/mol. The summed E-state index contributed by atoms with van der Waals surface area (Å²) in [7, 11) is 0. The van der Waals surface area contributed by atoms with Crippen molar-refractivity contribution in [2.24, 2.45) is 11.3 Å². The van der Waals surface area contributed by atoms with Crippen LogP contribution in [0.5, 0.6) is 0 Å². The van der Waals surface area contributed by atoms with E-state index in [1.165, 1.54) is 12.8 Å². The zero-order valence-electron chi connectivity index (χ0n) is 14.5. The third kappa shape index (κ3) is 5.21. The lowest BCUT2D eigenvalue weighted by Crippen LogP contribution is -2.53. The quantitative estimate of drug-likeness (QED) is 0.804. The predicted octanol–water partition coefficient (Wildman–Crippen LogP) is 1.35. The van der Waals surface area contributed by atoms with Crippen LogP contribution in [0.15, 0.2) is 0 Å². The van der Waals surface area contributed by atoms with E-state index in [4.69, 9.17) is 4.74 Å². The van der Waals surface area contributed by atoms with Crippen molar-refractivity contribution in [3.63, 3.8) is 0 Å². The van der Waals surface area contributed by atoms with Gasteiger partial charge in [-0.1, -0.05) is 20.8 Å². The molecule has 2 rings (SSSR count). The first-order valence-electron chi connectivity index (χ1n) is 8.58. The topological polar surface area (TPSA) is 53.0 Å². The Labute approximate surface area is 134 Å². The molecule has 1 saturated heterocycles. The number of aliphatic hydroxyl groups is 1. The Hall–Kier alpha value is -0.650. The Kier molecular flexibility index (Phi) is 5.86. The molecule has 2 fully saturated rings. The summed E-state index contributed by atoms with van der Waals surface area (Å²) in [4.78, 5) is 16.5. The number of amides is 1. The molecular weight excluding hydrogens is 280 g/mol. The van der Waals surface area contributed by atoms with Crippen LogP contribution >= 0.6 is 0 Å². The van der Waals surface area contributed by atoms with E-state index < -0.39 is 0 Å². The number of nitrogens with zero attached hydrogens (tertiary/aromatic N) is 2.